The van der Waals surface area contributed by atoms with Crippen molar-refractivity contribution in [3.8, 4) is 0 Å². The Morgan fingerprint density at radius 2 is 2.00 bits per heavy atom. The lowest BCUT2D eigenvalue weighted by Crippen LogP contribution is -2.52. The van der Waals surface area contributed by atoms with E-state index >= 15 is 0 Å². The Kier molecular flexibility index (Phi) is 6.26. The van der Waals surface area contributed by atoms with Crippen LogP contribution in [0, 0.1) is 0 Å². The second-order valence-electron chi connectivity index (χ2n) is 9.92. The van der Waals surface area contributed by atoms with Crippen molar-refractivity contribution in [1.82, 2.24) is 24.7 Å². The lowest BCUT2D eigenvalue weighted by molar-refractivity contribution is -0.128. The first-order valence-corrected chi connectivity index (χ1v) is 13.7. The van der Waals surface area contributed by atoms with E-state index < -0.39 is 15.3 Å². The third kappa shape index (κ3) is 4.69. The topological polar surface area (TPSA) is 102 Å². The predicted octanol–water partition coefficient (Wildman–Crippen LogP) is 0.972. The van der Waals surface area contributed by atoms with Crippen molar-refractivity contribution in [2.75, 3.05) is 27.7 Å². The van der Waals surface area contributed by atoms with Crippen LogP contribution in [-0.4, -0.2) is 96.4 Å². The molecule has 0 radical (unpaired) electrons. The van der Waals surface area contributed by atoms with Gasteiger partial charge in [-0.1, -0.05) is 0 Å². The second-order valence-corrected chi connectivity index (χ2v) is 13.3. The number of hydrogen-bond acceptors (Lipinski definition) is 6. The Balaban J connectivity index is 1.42. The van der Waals surface area contributed by atoms with Crippen molar-refractivity contribution in [2.45, 2.75) is 85.5 Å². The Labute approximate surface area is 189 Å². The van der Waals surface area contributed by atoms with Gasteiger partial charge in [-0.25, -0.2) is 17.9 Å². The van der Waals surface area contributed by atoms with Crippen LogP contribution in [0.15, 0.2) is 0 Å². The number of carbonyl (C=O) groups is 2. The van der Waals surface area contributed by atoms with E-state index in [1.54, 1.807) is 35.7 Å². The Bertz CT molecular complexity index is 831. The molecular formula is C20H35N5O4S2. The van der Waals surface area contributed by atoms with Gasteiger partial charge in [0, 0.05) is 44.9 Å². The second kappa shape index (κ2) is 8.39. The fourth-order valence-electron chi connectivity index (χ4n) is 4.94. The molecular weight excluding hydrogens is 438 g/mol. The van der Waals surface area contributed by atoms with Gasteiger partial charge in [-0.05, 0) is 45.4 Å². The zero-order chi connectivity index (χ0) is 22.6. The molecule has 0 spiro atoms. The largest absolute Gasteiger partial charge is 0.349 e. The Morgan fingerprint density at radius 1 is 1.29 bits per heavy atom. The quantitative estimate of drug-likeness (QED) is 0.571. The third-order valence-corrected chi connectivity index (χ3v) is 10.7. The fourth-order valence-corrected chi connectivity index (χ4v) is 8.27. The van der Waals surface area contributed by atoms with Crippen LogP contribution in [0.5, 0.6) is 0 Å². The molecule has 2 aliphatic carbocycles. The number of amides is 3. The van der Waals surface area contributed by atoms with Gasteiger partial charge in [-0.2, -0.15) is 0 Å². The van der Waals surface area contributed by atoms with Crippen LogP contribution in [0.2, 0.25) is 0 Å². The molecule has 2 heterocycles. The van der Waals surface area contributed by atoms with Gasteiger partial charge in [-0.15, -0.1) is 11.8 Å². The number of nitrogens with one attached hydrogen (secondary N) is 2. The molecule has 0 aromatic carbocycles. The van der Waals surface area contributed by atoms with Crippen LogP contribution >= 0.6 is 11.8 Å². The molecule has 2 saturated heterocycles. The number of hydrogen-bond donors (Lipinski definition) is 2. The minimum atomic E-state index is -3.41. The van der Waals surface area contributed by atoms with Crippen molar-refractivity contribution in [1.29, 1.82) is 0 Å². The Morgan fingerprint density at radius 3 is 2.65 bits per heavy atom. The van der Waals surface area contributed by atoms with E-state index in [2.05, 4.69) is 10.0 Å². The predicted molar refractivity (Wildman–Crippen MR) is 121 cm³/mol. The average Bonchev–Trinajstić information content (AvgIpc) is 3.14. The summed E-state index contributed by atoms with van der Waals surface area (Å²) in [4.78, 5) is 30.3. The van der Waals surface area contributed by atoms with E-state index in [1.807, 2.05) is 18.9 Å². The zero-order valence-corrected chi connectivity index (χ0v) is 20.5. The first-order chi connectivity index (χ1) is 14.5. The number of likely N-dealkylation sites (N-methyl/N-ethyl adjacent to an activating group) is 1. The molecule has 2 aliphatic heterocycles. The molecule has 9 nitrogen and oxygen atoms in total. The molecule has 4 rings (SSSR count). The summed E-state index contributed by atoms with van der Waals surface area (Å²) in [6, 6.07) is -0.107. The van der Waals surface area contributed by atoms with Gasteiger partial charge in [0.15, 0.2) is 0 Å². The highest BCUT2D eigenvalue weighted by Crippen LogP contribution is 2.42. The van der Waals surface area contributed by atoms with Crippen LogP contribution in [0.1, 0.15) is 51.9 Å². The summed E-state index contributed by atoms with van der Waals surface area (Å²) < 4.78 is 28.9. The highest BCUT2D eigenvalue weighted by Gasteiger charge is 2.53. The molecule has 0 bridgehead atoms. The Hall–Kier alpha value is -1.04. The van der Waals surface area contributed by atoms with Gasteiger partial charge in [-0.3, -0.25) is 15.0 Å². The molecule has 0 aromatic heterocycles. The average molecular weight is 474 g/mol. The van der Waals surface area contributed by atoms with Gasteiger partial charge in [0.1, 0.15) is 5.50 Å². The van der Waals surface area contributed by atoms with Crippen LogP contribution in [0.4, 0.5) is 4.79 Å². The van der Waals surface area contributed by atoms with Crippen LogP contribution in [0.3, 0.4) is 0 Å². The fraction of sp³-hybridized carbons (Fsp3) is 0.900. The zero-order valence-electron chi connectivity index (χ0n) is 18.8. The maximum atomic E-state index is 13.1. The first-order valence-electron chi connectivity index (χ1n) is 11.2. The molecule has 0 aromatic rings. The SMILES string of the molecule is CN(C)C(=O)CCC1CNC(N2C(=O)N(C)C3CCC(S(=O)(=O)NC4(C)CC4)CC32)S1. The molecule has 11 heteroatoms. The number of nitrogens with zero attached hydrogens (tertiary/aromatic N) is 3. The number of thioether (sulfide) groups is 1. The van der Waals surface area contributed by atoms with Gasteiger partial charge in [0.05, 0.1) is 17.3 Å². The van der Waals surface area contributed by atoms with Gasteiger partial charge < -0.3 is 9.80 Å². The van der Waals surface area contributed by atoms with E-state index in [0.717, 1.165) is 25.8 Å². The monoisotopic (exact) mass is 473 g/mol. The summed E-state index contributed by atoms with van der Waals surface area (Å²) in [7, 11) is 1.93. The van der Waals surface area contributed by atoms with Crippen molar-refractivity contribution in [3.63, 3.8) is 0 Å². The van der Waals surface area contributed by atoms with Crippen molar-refractivity contribution in [2.24, 2.45) is 0 Å². The summed E-state index contributed by atoms with van der Waals surface area (Å²) in [5.41, 5.74) is -0.461. The molecule has 5 atom stereocenters. The highest BCUT2D eigenvalue weighted by atomic mass is 32.2. The molecule has 176 valence electrons. The first kappa shape index (κ1) is 23.1. The lowest BCUT2D eigenvalue weighted by Gasteiger charge is -2.37. The van der Waals surface area contributed by atoms with Crippen molar-refractivity contribution in [3.05, 3.63) is 0 Å². The van der Waals surface area contributed by atoms with Crippen molar-refractivity contribution < 1.29 is 18.0 Å². The minimum absolute atomic E-state index is 0.0369. The summed E-state index contributed by atoms with van der Waals surface area (Å²) >= 11 is 1.68. The van der Waals surface area contributed by atoms with Crippen molar-refractivity contribution >= 4 is 33.7 Å². The third-order valence-electron chi connectivity index (χ3n) is 7.21. The highest BCUT2D eigenvalue weighted by molar-refractivity contribution is 8.00. The van der Waals surface area contributed by atoms with E-state index in [-0.39, 0.29) is 40.3 Å². The standard InChI is InChI=1S/C20H35N5O4S2/c1-20(9-10-20)22-31(28,29)14-6-7-15-16(11-14)25(19(27)24(15)4)18-21-12-13(30-18)5-8-17(26)23(2)3/h13-16,18,21-22H,5-12H2,1-4H3. The summed E-state index contributed by atoms with van der Waals surface area (Å²) in [5, 5.41) is 3.23. The number of urea groups is 1. The molecule has 2 N–H and O–H groups in total. The molecule has 4 aliphatic rings. The minimum Gasteiger partial charge on any atom is -0.349 e. The van der Waals surface area contributed by atoms with E-state index in [9.17, 15) is 18.0 Å². The number of sulfonamides is 1. The van der Waals surface area contributed by atoms with Gasteiger partial charge in [0.2, 0.25) is 15.9 Å². The molecule has 2 saturated carbocycles. The smallest absolute Gasteiger partial charge is 0.322 e. The maximum absolute atomic E-state index is 13.1. The molecule has 3 amide bonds. The molecule has 31 heavy (non-hydrogen) atoms. The number of fused-ring (bicyclic) bond motifs is 1. The van der Waals surface area contributed by atoms with Crippen LogP contribution in [-0.2, 0) is 14.8 Å². The normalized spacial score (nSPS) is 34.7. The van der Waals surface area contributed by atoms with E-state index in [4.69, 9.17) is 0 Å². The van der Waals surface area contributed by atoms with Gasteiger partial charge >= 0.3 is 6.03 Å². The van der Waals surface area contributed by atoms with Crippen LogP contribution in [0.25, 0.3) is 0 Å². The molecule has 5 unspecified atom stereocenters. The number of carbonyl (C=O) groups excluding carboxylic acids is 2. The van der Waals surface area contributed by atoms with Crippen LogP contribution < -0.4 is 10.0 Å². The summed E-state index contributed by atoms with van der Waals surface area (Å²) in [6.45, 7) is 2.69. The van der Waals surface area contributed by atoms with E-state index in [0.29, 0.717) is 25.7 Å². The molecule has 4 fully saturated rings. The maximum Gasteiger partial charge on any atom is 0.322 e. The summed E-state index contributed by atoms with van der Waals surface area (Å²) in [5.74, 6) is 0.110. The van der Waals surface area contributed by atoms with E-state index in [1.165, 1.54) is 0 Å². The lowest BCUT2D eigenvalue weighted by atomic mass is 9.90. The van der Waals surface area contributed by atoms with Gasteiger partial charge in [0.25, 0.3) is 0 Å². The summed E-state index contributed by atoms with van der Waals surface area (Å²) in [6.07, 6.45) is 4.77. The number of rotatable bonds is 7.